The van der Waals surface area contributed by atoms with E-state index in [1.54, 1.807) is 5.56 Å². The molecule has 0 aliphatic heterocycles. The summed E-state index contributed by atoms with van der Waals surface area (Å²) in [5.41, 5.74) is 4.42. The Balaban J connectivity index is 2.08. The second kappa shape index (κ2) is 2.76. The molecule has 0 N–H and O–H groups in total. The normalized spacial score (nSPS) is 25.3. The number of hydrogen-bond acceptors (Lipinski definition) is 0. The van der Waals surface area contributed by atoms with Crippen LogP contribution in [-0.2, 0) is 0 Å². The summed E-state index contributed by atoms with van der Waals surface area (Å²) in [5.74, 6) is 1.66. The quantitative estimate of drug-likeness (QED) is 0.603. The van der Waals surface area contributed by atoms with Crippen LogP contribution in [0.25, 0.3) is 16.8 Å². The molecular weight excluding hydrogens is 192 g/mol. The lowest BCUT2D eigenvalue weighted by Crippen LogP contribution is -1.93. The first-order valence-corrected chi connectivity index (χ1v) is 6.04. The van der Waals surface area contributed by atoms with Crippen molar-refractivity contribution in [1.29, 1.82) is 0 Å². The average molecular weight is 206 g/mol. The van der Waals surface area contributed by atoms with Gasteiger partial charge >= 0.3 is 0 Å². The van der Waals surface area contributed by atoms with E-state index in [2.05, 4.69) is 49.4 Å². The zero-order chi connectivity index (χ0) is 10.7. The summed E-state index contributed by atoms with van der Waals surface area (Å²) in [4.78, 5) is 0. The van der Waals surface area contributed by atoms with Gasteiger partial charge in [-0.05, 0) is 64.8 Å². The molecule has 0 saturated heterocycles. The van der Waals surface area contributed by atoms with Crippen LogP contribution >= 0.6 is 0 Å². The number of benzene rings is 2. The zero-order valence-electron chi connectivity index (χ0n) is 9.40. The predicted octanol–water partition coefficient (Wildman–Crippen LogP) is 4.28. The minimum absolute atomic E-state index is 0.823. The first-order valence-electron chi connectivity index (χ1n) is 6.04. The fraction of sp³-hybridized carbons (Fsp3) is 0.250. The summed E-state index contributed by atoms with van der Waals surface area (Å²) < 4.78 is 0. The van der Waals surface area contributed by atoms with Crippen molar-refractivity contribution < 1.29 is 0 Å². The Labute approximate surface area is 95.6 Å². The minimum atomic E-state index is 0.823. The second-order valence-electron chi connectivity index (χ2n) is 5.14. The topological polar surface area (TPSA) is 0 Å². The van der Waals surface area contributed by atoms with Crippen LogP contribution in [0, 0.1) is 12.8 Å². The third-order valence-electron chi connectivity index (χ3n) is 4.06. The maximum absolute atomic E-state index is 2.42. The van der Waals surface area contributed by atoms with Gasteiger partial charge in [-0.3, -0.25) is 0 Å². The molecule has 1 saturated carbocycles. The molecule has 16 heavy (non-hydrogen) atoms. The molecule has 2 unspecified atom stereocenters. The Morgan fingerprint density at radius 2 is 2.12 bits per heavy atom. The first-order chi connectivity index (χ1) is 7.83. The fourth-order valence-corrected chi connectivity index (χ4v) is 2.99. The van der Waals surface area contributed by atoms with Gasteiger partial charge in [-0.25, -0.2) is 0 Å². The number of hydrogen-bond donors (Lipinski definition) is 0. The first kappa shape index (κ1) is 8.58. The highest BCUT2D eigenvalue weighted by molar-refractivity contribution is 5.89. The van der Waals surface area contributed by atoms with Crippen LogP contribution in [0.2, 0.25) is 0 Å². The van der Waals surface area contributed by atoms with Crippen LogP contribution in [0.15, 0.2) is 36.4 Å². The Hall–Kier alpha value is -1.56. The molecule has 0 heterocycles. The van der Waals surface area contributed by atoms with Gasteiger partial charge in [-0.2, -0.15) is 0 Å². The van der Waals surface area contributed by atoms with E-state index in [1.807, 2.05) is 0 Å². The van der Waals surface area contributed by atoms with Crippen LogP contribution in [-0.4, -0.2) is 0 Å². The van der Waals surface area contributed by atoms with E-state index in [4.69, 9.17) is 0 Å². The van der Waals surface area contributed by atoms with Gasteiger partial charge in [-0.15, -0.1) is 0 Å². The lowest BCUT2D eigenvalue weighted by Gasteiger charge is -2.12. The van der Waals surface area contributed by atoms with Gasteiger partial charge < -0.3 is 0 Å². The molecule has 0 spiro atoms. The molecule has 2 aromatic carbocycles. The van der Waals surface area contributed by atoms with E-state index in [1.165, 1.54) is 28.3 Å². The highest BCUT2D eigenvalue weighted by Gasteiger charge is 2.39. The molecule has 2 aliphatic rings. The molecule has 0 radical (unpaired) electrons. The Kier molecular flexibility index (Phi) is 1.48. The van der Waals surface area contributed by atoms with Crippen LogP contribution < -0.4 is 0 Å². The largest absolute Gasteiger partial charge is 0.0802 e. The van der Waals surface area contributed by atoms with Crippen molar-refractivity contribution in [3.8, 4) is 0 Å². The van der Waals surface area contributed by atoms with E-state index in [0.717, 1.165) is 11.8 Å². The molecule has 2 aliphatic carbocycles. The van der Waals surface area contributed by atoms with E-state index in [0.29, 0.717) is 0 Å². The third kappa shape index (κ3) is 1.05. The molecule has 78 valence electrons. The standard InChI is InChI=1S/C16H14/c1-10-3-2-4-11-7-12-5-6-13-8-15(13)16(12)9-14(10)11/h2-7,9,13,15H,8H2,1H3. The average Bonchev–Trinajstić information content (AvgIpc) is 3.07. The van der Waals surface area contributed by atoms with Crippen molar-refractivity contribution in [2.45, 2.75) is 19.3 Å². The van der Waals surface area contributed by atoms with Gasteiger partial charge in [0.05, 0.1) is 0 Å². The van der Waals surface area contributed by atoms with Crippen LogP contribution in [0.5, 0.6) is 0 Å². The van der Waals surface area contributed by atoms with Gasteiger partial charge in [0, 0.05) is 0 Å². The molecule has 1 fully saturated rings. The molecule has 0 aromatic heterocycles. The van der Waals surface area contributed by atoms with Crippen molar-refractivity contribution in [3.63, 3.8) is 0 Å². The molecule has 0 heteroatoms. The molecular formula is C16H14. The number of allylic oxidation sites excluding steroid dienone is 1. The minimum Gasteiger partial charge on any atom is -0.0802 e. The summed E-state index contributed by atoms with van der Waals surface area (Å²) in [5, 5.41) is 2.81. The Morgan fingerprint density at radius 1 is 1.19 bits per heavy atom. The highest BCUT2D eigenvalue weighted by Crippen LogP contribution is 2.53. The number of fused-ring (bicyclic) bond motifs is 4. The van der Waals surface area contributed by atoms with E-state index in [-0.39, 0.29) is 0 Å². The predicted molar refractivity (Wildman–Crippen MR) is 68.6 cm³/mol. The van der Waals surface area contributed by atoms with E-state index < -0.39 is 0 Å². The molecule has 0 bridgehead atoms. The zero-order valence-corrected chi connectivity index (χ0v) is 9.40. The molecule has 2 atom stereocenters. The van der Waals surface area contributed by atoms with E-state index >= 15 is 0 Å². The third-order valence-corrected chi connectivity index (χ3v) is 4.06. The summed E-state index contributed by atoms with van der Waals surface area (Å²) in [6.07, 6.45) is 6.06. The second-order valence-corrected chi connectivity index (χ2v) is 5.14. The van der Waals surface area contributed by atoms with Gasteiger partial charge in [-0.1, -0.05) is 30.4 Å². The van der Waals surface area contributed by atoms with Crippen LogP contribution in [0.1, 0.15) is 29.0 Å². The lowest BCUT2D eigenvalue weighted by atomic mass is 9.92. The fourth-order valence-electron chi connectivity index (χ4n) is 2.99. The molecule has 0 amide bonds. The summed E-state index contributed by atoms with van der Waals surface area (Å²) >= 11 is 0. The summed E-state index contributed by atoms with van der Waals surface area (Å²) in [6.45, 7) is 2.21. The van der Waals surface area contributed by atoms with Gasteiger partial charge in [0.15, 0.2) is 0 Å². The molecule has 4 rings (SSSR count). The smallest absolute Gasteiger partial charge is 0.00867 e. The van der Waals surface area contributed by atoms with Crippen molar-refractivity contribution in [2.75, 3.05) is 0 Å². The monoisotopic (exact) mass is 206 g/mol. The molecule has 2 aromatic rings. The van der Waals surface area contributed by atoms with Crippen molar-refractivity contribution in [1.82, 2.24) is 0 Å². The number of aryl methyl sites for hydroxylation is 1. The van der Waals surface area contributed by atoms with Crippen LogP contribution in [0.3, 0.4) is 0 Å². The van der Waals surface area contributed by atoms with Crippen molar-refractivity contribution in [3.05, 3.63) is 53.1 Å². The Morgan fingerprint density at radius 3 is 3.06 bits per heavy atom. The summed E-state index contributed by atoms with van der Waals surface area (Å²) in [6, 6.07) is 11.3. The SMILES string of the molecule is Cc1cccc2cc3c(cc12)C1CC1C=C3. The lowest BCUT2D eigenvalue weighted by molar-refractivity contribution is 0.999. The van der Waals surface area contributed by atoms with Gasteiger partial charge in [0.25, 0.3) is 0 Å². The van der Waals surface area contributed by atoms with Crippen molar-refractivity contribution in [2.24, 2.45) is 5.92 Å². The van der Waals surface area contributed by atoms with Crippen molar-refractivity contribution >= 4 is 16.8 Å². The maximum Gasteiger partial charge on any atom is -0.00867 e. The van der Waals surface area contributed by atoms with E-state index in [9.17, 15) is 0 Å². The van der Waals surface area contributed by atoms with Gasteiger partial charge in [0.1, 0.15) is 0 Å². The van der Waals surface area contributed by atoms with Gasteiger partial charge in [0.2, 0.25) is 0 Å². The Bertz CT molecular complexity index is 619. The maximum atomic E-state index is 2.42. The van der Waals surface area contributed by atoms with Crippen LogP contribution in [0.4, 0.5) is 0 Å². The molecule has 0 nitrogen and oxygen atoms in total. The summed E-state index contributed by atoms with van der Waals surface area (Å²) in [7, 11) is 0. The highest BCUT2D eigenvalue weighted by atomic mass is 14.4. The number of rotatable bonds is 0.